The molecule has 0 aliphatic heterocycles. The number of hydrogen-bond acceptors (Lipinski definition) is 8. The molecule has 0 aliphatic rings. The molecule has 0 spiro atoms. The van der Waals surface area contributed by atoms with Gasteiger partial charge < -0.3 is 8.94 Å². The van der Waals surface area contributed by atoms with Crippen molar-refractivity contribution in [3.8, 4) is 10.8 Å². The Morgan fingerprint density at radius 3 is 2.78 bits per heavy atom. The molecule has 3 rings (SSSR count). The van der Waals surface area contributed by atoms with E-state index in [9.17, 15) is 8.42 Å². The first-order valence-electron chi connectivity index (χ1n) is 6.76. The van der Waals surface area contributed by atoms with Gasteiger partial charge in [-0.15, -0.1) is 21.5 Å². The monoisotopic (exact) mass is 354 g/mol. The van der Waals surface area contributed by atoms with Gasteiger partial charge in [-0.25, -0.2) is 13.1 Å². The molecule has 0 aliphatic carbocycles. The lowest BCUT2D eigenvalue weighted by Gasteiger charge is -2.04. The van der Waals surface area contributed by atoms with Gasteiger partial charge in [-0.1, -0.05) is 11.2 Å². The fourth-order valence-electron chi connectivity index (χ4n) is 2.08. The van der Waals surface area contributed by atoms with E-state index < -0.39 is 10.0 Å². The summed E-state index contributed by atoms with van der Waals surface area (Å²) in [6.07, 6.45) is 0.293. The van der Waals surface area contributed by atoms with E-state index in [1.54, 1.807) is 13.8 Å². The standard InChI is InChI=1S/C13H14N4O4S2/c1-8-12(9(2)21-17-8)23(18,19)14-6-5-11-15-16-13(20-11)10-4-3-7-22-10/h3-4,7,14H,5-6H2,1-2H3. The van der Waals surface area contributed by atoms with Crippen molar-refractivity contribution in [1.29, 1.82) is 0 Å². The summed E-state index contributed by atoms with van der Waals surface area (Å²) < 4.78 is 37.4. The third-order valence-electron chi connectivity index (χ3n) is 3.07. The molecule has 0 unspecified atom stereocenters. The van der Waals surface area contributed by atoms with Gasteiger partial charge in [0.15, 0.2) is 5.76 Å². The van der Waals surface area contributed by atoms with Crippen LogP contribution >= 0.6 is 11.3 Å². The number of thiophene rings is 1. The second-order valence-electron chi connectivity index (χ2n) is 4.78. The van der Waals surface area contributed by atoms with Crippen molar-refractivity contribution in [3.63, 3.8) is 0 Å². The third kappa shape index (κ3) is 3.33. The first-order valence-corrected chi connectivity index (χ1v) is 9.12. The normalized spacial score (nSPS) is 11.9. The average molecular weight is 354 g/mol. The second kappa shape index (κ2) is 6.22. The van der Waals surface area contributed by atoms with Gasteiger partial charge in [0.05, 0.1) is 4.88 Å². The van der Waals surface area contributed by atoms with Gasteiger partial charge in [0, 0.05) is 13.0 Å². The van der Waals surface area contributed by atoms with E-state index in [2.05, 4.69) is 20.1 Å². The summed E-state index contributed by atoms with van der Waals surface area (Å²) in [5.74, 6) is 1.06. The minimum absolute atomic E-state index is 0.0716. The van der Waals surface area contributed by atoms with E-state index in [1.807, 2.05) is 17.5 Å². The Labute approximate surface area is 136 Å². The van der Waals surface area contributed by atoms with Gasteiger partial charge in [0.2, 0.25) is 15.9 Å². The van der Waals surface area contributed by atoms with Gasteiger partial charge in [-0.05, 0) is 25.3 Å². The summed E-state index contributed by atoms with van der Waals surface area (Å²) in [5.41, 5.74) is 0.327. The maximum atomic E-state index is 12.2. The Morgan fingerprint density at radius 1 is 1.30 bits per heavy atom. The molecule has 0 saturated heterocycles. The predicted molar refractivity (Wildman–Crippen MR) is 82.5 cm³/mol. The van der Waals surface area contributed by atoms with Gasteiger partial charge in [-0.3, -0.25) is 0 Å². The largest absolute Gasteiger partial charge is 0.420 e. The SMILES string of the molecule is Cc1noc(C)c1S(=O)(=O)NCCc1nnc(-c2cccs2)o1. The number of sulfonamides is 1. The molecule has 0 aromatic carbocycles. The van der Waals surface area contributed by atoms with Crippen LogP contribution in [0.2, 0.25) is 0 Å². The predicted octanol–water partition coefficient (Wildman–Crippen LogP) is 1.92. The minimum Gasteiger partial charge on any atom is -0.420 e. The molecule has 0 bridgehead atoms. The Balaban J connectivity index is 1.64. The van der Waals surface area contributed by atoms with Gasteiger partial charge >= 0.3 is 0 Å². The molecule has 10 heteroatoms. The number of rotatable bonds is 6. The van der Waals surface area contributed by atoms with Gasteiger partial charge in [0.1, 0.15) is 10.6 Å². The van der Waals surface area contributed by atoms with E-state index >= 15 is 0 Å². The highest BCUT2D eigenvalue weighted by Gasteiger charge is 2.23. The first-order chi connectivity index (χ1) is 11.0. The van der Waals surface area contributed by atoms with Crippen molar-refractivity contribution in [2.24, 2.45) is 0 Å². The molecule has 3 aromatic heterocycles. The fourth-order valence-corrected chi connectivity index (χ4v) is 4.08. The third-order valence-corrected chi connectivity index (χ3v) is 5.63. The van der Waals surface area contributed by atoms with E-state index in [1.165, 1.54) is 11.3 Å². The van der Waals surface area contributed by atoms with Crippen LogP contribution in [0.4, 0.5) is 0 Å². The van der Waals surface area contributed by atoms with Crippen LogP contribution in [0.15, 0.2) is 31.3 Å². The summed E-state index contributed by atoms with van der Waals surface area (Å²) in [7, 11) is -3.68. The lowest BCUT2D eigenvalue weighted by molar-refractivity contribution is 0.390. The van der Waals surface area contributed by atoms with Crippen molar-refractivity contribution in [2.45, 2.75) is 25.2 Å². The molecule has 0 atom stereocenters. The Hall–Kier alpha value is -2.04. The van der Waals surface area contributed by atoms with Crippen molar-refractivity contribution >= 4 is 21.4 Å². The van der Waals surface area contributed by atoms with E-state index in [-0.39, 0.29) is 17.2 Å². The molecule has 3 heterocycles. The molecule has 0 fully saturated rings. The first kappa shape index (κ1) is 15.8. The minimum atomic E-state index is -3.68. The smallest absolute Gasteiger partial charge is 0.257 e. The number of hydrogen-bond donors (Lipinski definition) is 1. The van der Waals surface area contributed by atoms with Crippen LogP contribution in [-0.4, -0.2) is 30.3 Å². The highest BCUT2D eigenvalue weighted by molar-refractivity contribution is 7.89. The highest BCUT2D eigenvalue weighted by Crippen LogP contribution is 2.23. The Bertz CT molecular complexity index is 877. The summed E-state index contributed by atoms with van der Waals surface area (Å²) in [6, 6.07) is 3.77. The maximum absolute atomic E-state index is 12.2. The molecule has 0 radical (unpaired) electrons. The second-order valence-corrected chi connectivity index (χ2v) is 7.43. The zero-order valence-electron chi connectivity index (χ0n) is 12.4. The maximum Gasteiger partial charge on any atom is 0.257 e. The quantitative estimate of drug-likeness (QED) is 0.720. The van der Waals surface area contributed by atoms with Crippen LogP contribution in [0.25, 0.3) is 10.8 Å². The molecule has 0 amide bonds. The molecule has 122 valence electrons. The van der Waals surface area contributed by atoms with Crippen LogP contribution in [0.1, 0.15) is 17.3 Å². The van der Waals surface area contributed by atoms with Gasteiger partial charge in [-0.2, -0.15) is 0 Å². The summed E-state index contributed by atoms with van der Waals surface area (Å²) in [4.78, 5) is 0.947. The fraction of sp³-hybridized carbons (Fsp3) is 0.308. The van der Waals surface area contributed by atoms with Crippen molar-refractivity contribution in [2.75, 3.05) is 6.54 Å². The number of nitrogens with one attached hydrogen (secondary N) is 1. The molecule has 8 nitrogen and oxygen atoms in total. The van der Waals surface area contributed by atoms with Crippen molar-refractivity contribution in [3.05, 3.63) is 34.9 Å². The van der Waals surface area contributed by atoms with Gasteiger partial charge in [0.25, 0.3) is 5.89 Å². The zero-order valence-corrected chi connectivity index (χ0v) is 14.1. The highest BCUT2D eigenvalue weighted by atomic mass is 32.2. The lowest BCUT2D eigenvalue weighted by Crippen LogP contribution is -2.26. The molecule has 3 aromatic rings. The summed E-state index contributed by atoms with van der Waals surface area (Å²) in [6.45, 7) is 3.27. The zero-order chi connectivity index (χ0) is 16.4. The molecule has 0 saturated carbocycles. The number of nitrogens with zero attached hydrogens (tertiary/aromatic N) is 3. The van der Waals surface area contributed by atoms with E-state index in [0.717, 1.165) is 4.88 Å². The van der Waals surface area contributed by atoms with Crippen molar-refractivity contribution in [1.82, 2.24) is 20.1 Å². The van der Waals surface area contributed by atoms with Crippen LogP contribution in [0.5, 0.6) is 0 Å². The Kier molecular flexibility index (Phi) is 4.28. The molecule has 23 heavy (non-hydrogen) atoms. The number of aryl methyl sites for hydroxylation is 2. The lowest BCUT2D eigenvalue weighted by atomic mass is 10.4. The molecular weight excluding hydrogens is 340 g/mol. The van der Waals surface area contributed by atoms with Crippen molar-refractivity contribution < 1.29 is 17.4 Å². The molecular formula is C13H14N4O4S2. The van der Waals surface area contributed by atoms with Crippen LogP contribution < -0.4 is 4.72 Å². The number of aromatic nitrogens is 3. The van der Waals surface area contributed by atoms with E-state index in [0.29, 0.717) is 23.9 Å². The van der Waals surface area contributed by atoms with Crippen LogP contribution in [0.3, 0.4) is 0 Å². The van der Waals surface area contributed by atoms with Crippen LogP contribution in [-0.2, 0) is 16.4 Å². The molecule has 1 N–H and O–H groups in total. The van der Waals surface area contributed by atoms with E-state index in [4.69, 9.17) is 8.94 Å². The average Bonchev–Trinajstić information content (AvgIpc) is 3.19. The summed E-state index contributed by atoms with van der Waals surface area (Å²) in [5, 5.41) is 13.4. The Morgan fingerprint density at radius 2 is 2.13 bits per heavy atom. The topological polar surface area (TPSA) is 111 Å². The summed E-state index contributed by atoms with van der Waals surface area (Å²) >= 11 is 1.49. The van der Waals surface area contributed by atoms with Crippen LogP contribution in [0, 0.1) is 13.8 Å².